The van der Waals surface area contributed by atoms with Crippen LogP contribution in [0.5, 0.6) is 0 Å². The van der Waals surface area contributed by atoms with Gasteiger partial charge in [-0.15, -0.1) is 0 Å². The standard InChI is InChI=1S/C11H15NO3/c1-3-15-11(14)10(13)8(2)9-5-4-6-12-7-9/h4-8,10,13H,3H2,1-2H3/t8-,10+/m0/s1. The number of carbonyl (C=O) groups is 1. The number of hydrogen-bond acceptors (Lipinski definition) is 4. The van der Waals surface area contributed by atoms with Gasteiger partial charge in [0, 0.05) is 18.3 Å². The molecular weight excluding hydrogens is 194 g/mol. The van der Waals surface area contributed by atoms with Crippen LogP contribution in [0.1, 0.15) is 25.3 Å². The van der Waals surface area contributed by atoms with Crippen LogP contribution in [0.3, 0.4) is 0 Å². The van der Waals surface area contributed by atoms with Crippen molar-refractivity contribution in [1.82, 2.24) is 4.98 Å². The number of aliphatic hydroxyl groups excluding tert-OH is 1. The topological polar surface area (TPSA) is 59.4 Å². The summed E-state index contributed by atoms with van der Waals surface area (Å²) < 4.78 is 4.74. The van der Waals surface area contributed by atoms with Gasteiger partial charge in [-0.1, -0.05) is 13.0 Å². The fraction of sp³-hybridized carbons (Fsp3) is 0.455. The van der Waals surface area contributed by atoms with Crippen LogP contribution in [0.4, 0.5) is 0 Å². The van der Waals surface area contributed by atoms with Gasteiger partial charge in [0.05, 0.1) is 6.61 Å². The Kier molecular flexibility index (Phi) is 4.24. The molecule has 82 valence electrons. The number of hydrogen-bond donors (Lipinski definition) is 1. The van der Waals surface area contributed by atoms with E-state index in [1.165, 1.54) is 0 Å². The number of aliphatic hydroxyl groups is 1. The van der Waals surface area contributed by atoms with Crippen LogP contribution in [-0.2, 0) is 9.53 Å². The van der Waals surface area contributed by atoms with Gasteiger partial charge in [-0.3, -0.25) is 4.98 Å². The van der Waals surface area contributed by atoms with Gasteiger partial charge in [0.15, 0.2) is 6.10 Å². The molecule has 1 aromatic heterocycles. The lowest BCUT2D eigenvalue weighted by atomic mass is 9.97. The summed E-state index contributed by atoms with van der Waals surface area (Å²) >= 11 is 0. The van der Waals surface area contributed by atoms with Crippen LogP contribution in [0.25, 0.3) is 0 Å². The van der Waals surface area contributed by atoms with Crippen molar-refractivity contribution >= 4 is 5.97 Å². The monoisotopic (exact) mass is 209 g/mol. The maximum absolute atomic E-state index is 11.3. The van der Waals surface area contributed by atoms with E-state index >= 15 is 0 Å². The van der Waals surface area contributed by atoms with Gasteiger partial charge in [-0.05, 0) is 18.6 Å². The highest BCUT2D eigenvalue weighted by molar-refractivity contribution is 5.75. The smallest absolute Gasteiger partial charge is 0.335 e. The Bertz CT molecular complexity index is 313. The lowest BCUT2D eigenvalue weighted by Crippen LogP contribution is -2.28. The van der Waals surface area contributed by atoms with Gasteiger partial charge in [0.25, 0.3) is 0 Å². The first-order valence-electron chi connectivity index (χ1n) is 4.91. The largest absolute Gasteiger partial charge is 0.464 e. The van der Waals surface area contributed by atoms with Crippen LogP contribution in [0.15, 0.2) is 24.5 Å². The Morgan fingerprint density at radius 1 is 1.67 bits per heavy atom. The van der Waals surface area contributed by atoms with Crippen LogP contribution in [-0.4, -0.2) is 28.8 Å². The van der Waals surface area contributed by atoms with E-state index in [0.717, 1.165) is 5.56 Å². The van der Waals surface area contributed by atoms with Crippen LogP contribution in [0.2, 0.25) is 0 Å². The molecule has 0 aliphatic rings. The number of carbonyl (C=O) groups excluding carboxylic acids is 1. The average Bonchev–Trinajstić information content (AvgIpc) is 2.28. The normalized spacial score (nSPS) is 14.3. The quantitative estimate of drug-likeness (QED) is 0.754. The van der Waals surface area contributed by atoms with Gasteiger partial charge in [0.2, 0.25) is 0 Å². The second kappa shape index (κ2) is 5.46. The number of rotatable bonds is 4. The highest BCUT2D eigenvalue weighted by atomic mass is 16.5. The summed E-state index contributed by atoms with van der Waals surface area (Å²) in [4.78, 5) is 15.2. The Hall–Kier alpha value is -1.42. The SMILES string of the molecule is CCOC(=O)[C@H](O)[C@@H](C)c1cccnc1. The van der Waals surface area contributed by atoms with E-state index in [0.29, 0.717) is 0 Å². The number of pyridine rings is 1. The summed E-state index contributed by atoms with van der Waals surface area (Å²) in [5, 5.41) is 9.67. The highest BCUT2D eigenvalue weighted by Gasteiger charge is 2.24. The number of ether oxygens (including phenoxy) is 1. The second-order valence-corrected chi connectivity index (χ2v) is 3.27. The Labute approximate surface area is 88.9 Å². The molecule has 0 radical (unpaired) electrons. The molecule has 0 aliphatic carbocycles. The molecule has 1 aromatic rings. The van der Waals surface area contributed by atoms with Crippen molar-refractivity contribution in [3.05, 3.63) is 30.1 Å². The van der Waals surface area contributed by atoms with Gasteiger partial charge >= 0.3 is 5.97 Å². The number of aromatic nitrogens is 1. The fourth-order valence-corrected chi connectivity index (χ4v) is 1.26. The number of nitrogens with zero attached hydrogens (tertiary/aromatic N) is 1. The predicted molar refractivity (Wildman–Crippen MR) is 55.3 cm³/mol. The molecule has 1 N–H and O–H groups in total. The first-order chi connectivity index (χ1) is 7.16. The second-order valence-electron chi connectivity index (χ2n) is 3.27. The maximum atomic E-state index is 11.3. The third kappa shape index (κ3) is 3.02. The van der Waals surface area contributed by atoms with Crippen LogP contribution in [0, 0.1) is 0 Å². The molecule has 1 heterocycles. The Balaban J connectivity index is 2.68. The van der Waals surface area contributed by atoms with Crippen molar-refractivity contribution in [2.24, 2.45) is 0 Å². The van der Waals surface area contributed by atoms with Crippen molar-refractivity contribution in [3.63, 3.8) is 0 Å². The van der Waals surface area contributed by atoms with Crippen molar-refractivity contribution in [2.75, 3.05) is 6.61 Å². The zero-order chi connectivity index (χ0) is 11.3. The molecule has 0 aliphatic heterocycles. The Morgan fingerprint density at radius 3 is 2.93 bits per heavy atom. The molecule has 4 heteroatoms. The summed E-state index contributed by atoms with van der Waals surface area (Å²) in [6.07, 6.45) is 2.15. The average molecular weight is 209 g/mol. The molecule has 0 amide bonds. The summed E-state index contributed by atoms with van der Waals surface area (Å²) in [6.45, 7) is 3.74. The summed E-state index contributed by atoms with van der Waals surface area (Å²) in [7, 11) is 0. The molecule has 2 atom stereocenters. The third-order valence-corrected chi connectivity index (χ3v) is 2.21. The van der Waals surface area contributed by atoms with Gasteiger partial charge < -0.3 is 9.84 Å². The van der Waals surface area contributed by atoms with Crippen molar-refractivity contribution in [3.8, 4) is 0 Å². The first kappa shape index (κ1) is 11.7. The van der Waals surface area contributed by atoms with E-state index < -0.39 is 12.1 Å². The molecule has 0 saturated carbocycles. The van der Waals surface area contributed by atoms with E-state index in [2.05, 4.69) is 4.98 Å². The number of esters is 1. The minimum Gasteiger partial charge on any atom is -0.464 e. The molecule has 0 bridgehead atoms. The molecule has 1 rings (SSSR count). The molecule has 0 saturated heterocycles. The van der Waals surface area contributed by atoms with Crippen LogP contribution >= 0.6 is 0 Å². The van der Waals surface area contributed by atoms with E-state index in [9.17, 15) is 9.90 Å². The fourth-order valence-electron chi connectivity index (χ4n) is 1.26. The summed E-state index contributed by atoms with van der Waals surface area (Å²) in [5.74, 6) is -0.897. The molecule has 0 spiro atoms. The van der Waals surface area contributed by atoms with Gasteiger partial charge in [-0.2, -0.15) is 0 Å². The first-order valence-corrected chi connectivity index (χ1v) is 4.91. The molecule has 15 heavy (non-hydrogen) atoms. The Morgan fingerprint density at radius 2 is 2.40 bits per heavy atom. The van der Waals surface area contributed by atoms with E-state index in [-0.39, 0.29) is 12.5 Å². The van der Waals surface area contributed by atoms with Crippen LogP contribution < -0.4 is 0 Å². The lowest BCUT2D eigenvalue weighted by molar-refractivity contribution is -0.154. The van der Waals surface area contributed by atoms with Crippen molar-refractivity contribution in [2.45, 2.75) is 25.9 Å². The van der Waals surface area contributed by atoms with Crippen molar-refractivity contribution in [1.29, 1.82) is 0 Å². The maximum Gasteiger partial charge on any atom is 0.335 e. The lowest BCUT2D eigenvalue weighted by Gasteiger charge is -2.16. The molecule has 0 unspecified atom stereocenters. The van der Waals surface area contributed by atoms with Gasteiger partial charge in [-0.25, -0.2) is 4.79 Å². The van der Waals surface area contributed by atoms with E-state index in [4.69, 9.17) is 4.74 Å². The minimum atomic E-state index is -1.13. The summed E-state index contributed by atoms with van der Waals surface area (Å²) in [6, 6.07) is 3.59. The zero-order valence-electron chi connectivity index (χ0n) is 8.88. The van der Waals surface area contributed by atoms with Gasteiger partial charge in [0.1, 0.15) is 0 Å². The predicted octanol–water partition coefficient (Wildman–Crippen LogP) is 1.11. The third-order valence-electron chi connectivity index (χ3n) is 2.21. The molecule has 4 nitrogen and oxygen atoms in total. The molecule has 0 aromatic carbocycles. The molecule has 0 fully saturated rings. The minimum absolute atomic E-state index is 0.273. The van der Waals surface area contributed by atoms with Crippen molar-refractivity contribution < 1.29 is 14.6 Å². The highest BCUT2D eigenvalue weighted by Crippen LogP contribution is 2.18. The van der Waals surface area contributed by atoms with E-state index in [1.54, 1.807) is 32.3 Å². The van der Waals surface area contributed by atoms with E-state index in [1.807, 2.05) is 6.07 Å². The summed E-state index contributed by atoms with van der Waals surface area (Å²) in [5.41, 5.74) is 0.818. The molecular formula is C11H15NO3. The zero-order valence-corrected chi connectivity index (χ0v) is 8.88.